The van der Waals surface area contributed by atoms with Crippen molar-refractivity contribution in [3.8, 4) is 5.75 Å². The number of aryl methyl sites for hydroxylation is 1. The Bertz CT molecular complexity index is 1040. The van der Waals surface area contributed by atoms with Crippen LogP contribution in [0.4, 0.5) is 10.1 Å². The maximum Gasteiger partial charge on any atom is 0.225 e. The second-order valence-corrected chi connectivity index (χ2v) is 9.72. The Morgan fingerprint density at radius 1 is 1.09 bits per heavy atom. The second kappa shape index (κ2) is 11.7. The molecule has 35 heavy (non-hydrogen) atoms. The van der Waals surface area contributed by atoms with Crippen molar-refractivity contribution in [1.82, 2.24) is 9.80 Å². The first-order valence-electron chi connectivity index (χ1n) is 12.7. The number of amides is 2. The van der Waals surface area contributed by atoms with Crippen LogP contribution in [0.5, 0.6) is 5.75 Å². The SMILES string of the molecule is COc1cccc(CCC(=O)Nc2cc(F)cc(CN3CCN(C(=O)C4CCCC4)CC3)c2C)c1. The third kappa shape index (κ3) is 6.60. The number of hydrogen-bond donors (Lipinski definition) is 1. The van der Waals surface area contributed by atoms with Gasteiger partial charge in [0.25, 0.3) is 0 Å². The number of benzene rings is 2. The van der Waals surface area contributed by atoms with E-state index in [9.17, 15) is 14.0 Å². The van der Waals surface area contributed by atoms with Crippen LogP contribution in [0.3, 0.4) is 0 Å². The Morgan fingerprint density at radius 2 is 1.83 bits per heavy atom. The zero-order valence-corrected chi connectivity index (χ0v) is 20.8. The number of anilines is 1. The molecule has 1 saturated heterocycles. The van der Waals surface area contributed by atoms with Gasteiger partial charge in [0.15, 0.2) is 0 Å². The van der Waals surface area contributed by atoms with E-state index in [1.165, 1.54) is 6.07 Å². The summed E-state index contributed by atoms with van der Waals surface area (Å²) < 4.78 is 19.7. The molecular formula is C28H36FN3O3. The minimum Gasteiger partial charge on any atom is -0.497 e. The van der Waals surface area contributed by atoms with Gasteiger partial charge in [-0.3, -0.25) is 14.5 Å². The normalized spacial score (nSPS) is 16.9. The molecule has 0 spiro atoms. The highest BCUT2D eigenvalue weighted by Gasteiger charge is 2.29. The zero-order chi connectivity index (χ0) is 24.8. The molecule has 1 aliphatic carbocycles. The van der Waals surface area contributed by atoms with Crippen molar-refractivity contribution in [3.63, 3.8) is 0 Å². The summed E-state index contributed by atoms with van der Waals surface area (Å²) in [5.74, 6) is 0.776. The van der Waals surface area contributed by atoms with Crippen molar-refractivity contribution < 1.29 is 18.7 Å². The highest BCUT2D eigenvalue weighted by atomic mass is 19.1. The molecule has 1 saturated carbocycles. The molecule has 2 aromatic carbocycles. The summed E-state index contributed by atoms with van der Waals surface area (Å²) in [6.45, 7) is 5.51. The van der Waals surface area contributed by atoms with Crippen LogP contribution in [0.15, 0.2) is 36.4 Å². The molecule has 2 aromatic rings. The van der Waals surface area contributed by atoms with Crippen LogP contribution >= 0.6 is 0 Å². The van der Waals surface area contributed by atoms with E-state index in [0.29, 0.717) is 31.0 Å². The summed E-state index contributed by atoms with van der Waals surface area (Å²) in [6.07, 6.45) is 5.25. The van der Waals surface area contributed by atoms with Crippen LogP contribution in [-0.4, -0.2) is 54.9 Å². The molecule has 0 atom stereocenters. The average Bonchev–Trinajstić information content (AvgIpc) is 3.41. The number of nitrogens with one attached hydrogen (secondary N) is 1. The van der Waals surface area contributed by atoms with Gasteiger partial charge in [-0.25, -0.2) is 4.39 Å². The molecule has 0 radical (unpaired) electrons. The molecule has 188 valence electrons. The van der Waals surface area contributed by atoms with Crippen LogP contribution in [-0.2, 0) is 22.6 Å². The van der Waals surface area contributed by atoms with Crippen molar-refractivity contribution >= 4 is 17.5 Å². The number of carbonyl (C=O) groups excluding carboxylic acids is 2. The molecule has 1 N–H and O–H groups in total. The molecule has 0 unspecified atom stereocenters. The molecule has 6 nitrogen and oxygen atoms in total. The number of hydrogen-bond acceptors (Lipinski definition) is 4. The van der Waals surface area contributed by atoms with Crippen LogP contribution in [0, 0.1) is 18.7 Å². The van der Waals surface area contributed by atoms with Crippen molar-refractivity contribution in [2.75, 3.05) is 38.6 Å². The van der Waals surface area contributed by atoms with Crippen LogP contribution < -0.4 is 10.1 Å². The Morgan fingerprint density at radius 3 is 2.54 bits per heavy atom. The van der Waals surface area contributed by atoms with Crippen molar-refractivity contribution in [3.05, 3.63) is 58.9 Å². The third-order valence-electron chi connectivity index (χ3n) is 7.31. The Hall–Kier alpha value is -2.93. The smallest absolute Gasteiger partial charge is 0.225 e. The van der Waals surface area contributed by atoms with Gasteiger partial charge < -0.3 is 15.0 Å². The van der Waals surface area contributed by atoms with E-state index in [2.05, 4.69) is 10.2 Å². The van der Waals surface area contributed by atoms with Crippen molar-refractivity contribution in [1.29, 1.82) is 0 Å². The van der Waals surface area contributed by atoms with Crippen molar-refractivity contribution in [2.24, 2.45) is 5.92 Å². The van der Waals surface area contributed by atoms with Gasteiger partial charge in [-0.15, -0.1) is 0 Å². The van der Waals surface area contributed by atoms with Crippen LogP contribution in [0.25, 0.3) is 0 Å². The van der Waals surface area contributed by atoms with E-state index in [1.807, 2.05) is 36.1 Å². The highest BCUT2D eigenvalue weighted by molar-refractivity contribution is 5.91. The summed E-state index contributed by atoms with van der Waals surface area (Å²) in [6, 6.07) is 10.6. The molecule has 0 bridgehead atoms. The summed E-state index contributed by atoms with van der Waals surface area (Å²) in [7, 11) is 1.62. The van der Waals surface area contributed by atoms with Gasteiger partial charge in [0.1, 0.15) is 11.6 Å². The Kier molecular flexibility index (Phi) is 8.39. The van der Waals surface area contributed by atoms with E-state index < -0.39 is 0 Å². The van der Waals surface area contributed by atoms with Gasteiger partial charge in [0.2, 0.25) is 11.8 Å². The molecule has 2 aliphatic rings. The van der Waals surface area contributed by atoms with E-state index >= 15 is 0 Å². The average molecular weight is 482 g/mol. The molecule has 2 fully saturated rings. The minimum absolute atomic E-state index is 0.147. The van der Waals surface area contributed by atoms with E-state index in [1.54, 1.807) is 13.2 Å². The topological polar surface area (TPSA) is 61.9 Å². The maximum atomic E-state index is 14.5. The Labute approximate surface area is 207 Å². The first kappa shape index (κ1) is 25.2. The van der Waals surface area contributed by atoms with E-state index in [4.69, 9.17) is 4.74 Å². The molecule has 0 aromatic heterocycles. The van der Waals surface area contributed by atoms with Gasteiger partial charge in [0.05, 0.1) is 7.11 Å². The number of methoxy groups -OCH3 is 1. The van der Waals surface area contributed by atoms with E-state index in [0.717, 1.165) is 74.3 Å². The van der Waals surface area contributed by atoms with Gasteiger partial charge in [-0.05, 0) is 67.1 Å². The maximum absolute atomic E-state index is 14.5. The van der Waals surface area contributed by atoms with Gasteiger partial charge in [-0.1, -0.05) is 25.0 Å². The number of nitrogens with zero attached hydrogens (tertiary/aromatic N) is 2. The zero-order valence-electron chi connectivity index (χ0n) is 20.8. The van der Waals surface area contributed by atoms with Gasteiger partial charge >= 0.3 is 0 Å². The number of piperazine rings is 1. The third-order valence-corrected chi connectivity index (χ3v) is 7.31. The molecule has 1 heterocycles. The number of ether oxygens (including phenoxy) is 1. The fourth-order valence-electron chi connectivity index (χ4n) is 5.13. The summed E-state index contributed by atoms with van der Waals surface area (Å²) in [5, 5.41) is 2.90. The molecule has 7 heteroatoms. The van der Waals surface area contributed by atoms with Gasteiger partial charge in [0, 0.05) is 50.7 Å². The van der Waals surface area contributed by atoms with E-state index in [-0.39, 0.29) is 17.6 Å². The lowest BCUT2D eigenvalue weighted by Crippen LogP contribution is -2.49. The summed E-state index contributed by atoms with van der Waals surface area (Å²) >= 11 is 0. The second-order valence-electron chi connectivity index (χ2n) is 9.72. The lowest BCUT2D eigenvalue weighted by Gasteiger charge is -2.36. The monoisotopic (exact) mass is 481 g/mol. The van der Waals surface area contributed by atoms with Crippen molar-refractivity contribution in [2.45, 2.75) is 52.0 Å². The fraction of sp³-hybridized carbons (Fsp3) is 0.500. The molecular weight excluding hydrogens is 445 g/mol. The lowest BCUT2D eigenvalue weighted by atomic mass is 10.0. The number of halogens is 1. The minimum atomic E-state index is -0.358. The Balaban J connectivity index is 1.32. The van der Waals surface area contributed by atoms with Crippen LogP contribution in [0.2, 0.25) is 0 Å². The largest absolute Gasteiger partial charge is 0.497 e. The van der Waals surface area contributed by atoms with Crippen LogP contribution in [0.1, 0.15) is 48.8 Å². The molecule has 1 aliphatic heterocycles. The fourth-order valence-corrected chi connectivity index (χ4v) is 5.13. The number of carbonyl (C=O) groups is 2. The predicted octanol–water partition coefficient (Wildman–Crippen LogP) is 4.55. The summed E-state index contributed by atoms with van der Waals surface area (Å²) in [5.41, 5.74) is 3.28. The first-order chi connectivity index (χ1) is 16.9. The highest BCUT2D eigenvalue weighted by Crippen LogP contribution is 2.28. The quantitative estimate of drug-likeness (QED) is 0.601. The first-order valence-corrected chi connectivity index (χ1v) is 12.7. The molecule has 4 rings (SSSR count). The predicted molar refractivity (Wildman–Crippen MR) is 135 cm³/mol. The number of rotatable bonds is 8. The summed E-state index contributed by atoms with van der Waals surface area (Å²) in [4.78, 5) is 29.6. The molecule has 2 amide bonds. The lowest BCUT2D eigenvalue weighted by molar-refractivity contribution is -0.137. The standard InChI is InChI=1S/C28H36FN3O3/c1-20-23(19-31-12-14-32(15-13-31)28(34)22-7-3-4-8-22)17-24(29)18-26(20)30-27(33)11-10-21-6-5-9-25(16-21)35-2/h5-6,9,16-18,22H,3-4,7-8,10-15,19H2,1-2H3,(H,30,33). The van der Waals surface area contributed by atoms with Gasteiger partial charge in [-0.2, -0.15) is 0 Å².